The Kier molecular flexibility index (Phi) is 4.88. The molecule has 1 unspecified atom stereocenters. The van der Waals surface area contributed by atoms with Crippen molar-refractivity contribution in [2.45, 2.75) is 25.4 Å². The fraction of sp³-hybridized carbons (Fsp3) is 0.471. The molecule has 2 aliphatic rings. The van der Waals surface area contributed by atoms with Crippen LogP contribution >= 0.6 is 0 Å². The van der Waals surface area contributed by atoms with E-state index in [2.05, 4.69) is 5.32 Å². The molecular formula is C17H18F3N3O3. The van der Waals surface area contributed by atoms with E-state index in [9.17, 15) is 27.6 Å². The number of rotatable bonds is 4. The summed E-state index contributed by atoms with van der Waals surface area (Å²) in [6.45, 7) is -0.928. The van der Waals surface area contributed by atoms with E-state index in [0.717, 1.165) is 12.1 Å². The molecule has 1 N–H and O–H groups in total. The fourth-order valence-corrected chi connectivity index (χ4v) is 3.21. The Bertz CT molecular complexity index is 718. The van der Waals surface area contributed by atoms with Gasteiger partial charge >= 0.3 is 6.18 Å². The Balaban J connectivity index is 1.58. The third kappa shape index (κ3) is 4.14. The van der Waals surface area contributed by atoms with E-state index in [4.69, 9.17) is 0 Å². The molecule has 0 saturated carbocycles. The van der Waals surface area contributed by atoms with Crippen LogP contribution < -0.4 is 10.2 Å². The summed E-state index contributed by atoms with van der Waals surface area (Å²) in [7, 11) is 0. The SMILES string of the molecule is O=C(Nc1ccc(N2CCCC2=O)cc1)C1CC(=O)N(CC(F)(F)F)C1. The molecule has 0 aromatic heterocycles. The van der Waals surface area contributed by atoms with Crippen molar-refractivity contribution in [3.8, 4) is 0 Å². The molecule has 0 bridgehead atoms. The Morgan fingerprint density at radius 2 is 1.85 bits per heavy atom. The lowest BCUT2D eigenvalue weighted by Crippen LogP contribution is -2.36. The van der Waals surface area contributed by atoms with Gasteiger partial charge in [0.25, 0.3) is 0 Å². The molecule has 6 nitrogen and oxygen atoms in total. The first kappa shape index (κ1) is 18.2. The largest absolute Gasteiger partial charge is 0.406 e. The van der Waals surface area contributed by atoms with Gasteiger partial charge in [0.2, 0.25) is 17.7 Å². The minimum Gasteiger partial charge on any atom is -0.333 e. The van der Waals surface area contributed by atoms with Crippen molar-refractivity contribution >= 4 is 29.1 Å². The first-order valence-corrected chi connectivity index (χ1v) is 8.29. The van der Waals surface area contributed by atoms with Crippen molar-refractivity contribution in [2.24, 2.45) is 5.92 Å². The lowest BCUT2D eigenvalue weighted by molar-refractivity contribution is -0.157. The molecule has 2 fully saturated rings. The number of carbonyl (C=O) groups is 3. The summed E-state index contributed by atoms with van der Waals surface area (Å²) in [6.07, 6.45) is -3.39. The van der Waals surface area contributed by atoms with Crippen LogP contribution in [0.4, 0.5) is 24.5 Å². The molecule has 9 heteroatoms. The molecular weight excluding hydrogens is 351 g/mol. The third-order valence-corrected chi connectivity index (χ3v) is 4.48. The average molecular weight is 369 g/mol. The normalized spacial score (nSPS) is 20.8. The maximum Gasteiger partial charge on any atom is 0.406 e. The van der Waals surface area contributed by atoms with Crippen LogP contribution in [0.25, 0.3) is 0 Å². The lowest BCUT2D eigenvalue weighted by Gasteiger charge is -2.18. The zero-order valence-corrected chi connectivity index (χ0v) is 13.9. The van der Waals surface area contributed by atoms with Crippen LogP contribution in [0, 0.1) is 5.92 Å². The molecule has 1 aromatic rings. The van der Waals surface area contributed by atoms with Gasteiger partial charge in [-0.05, 0) is 30.7 Å². The first-order valence-electron chi connectivity index (χ1n) is 8.29. The van der Waals surface area contributed by atoms with Crippen molar-refractivity contribution in [3.63, 3.8) is 0 Å². The fourth-order valence-electron chi connectivity index (χ4n) is 3.21. The molecule has 140 valence electrons. The number of carbonyl (C=O) groups excluding carboxylic acids is 3. The number of halogens is 3. The number of benzene rings is 1. The van der Waals surface area contributed by atoms with Gasteiger partial charge in [-0.25, -0.2) is 0 Å². The minimum absolute atomic E-state index is 0.0519. The molecule has 1 aromatic carbocycles. The van der Waals surface area contributed by atoms with Crippen LogP contribution in [-0.4, -0.2) is 48.4 Å². The smallest absolute Gasteiger partial charge is 0.333 e. The van der Waals surface area contributed by atoms with Crippen LogP contribution in [0.2, 0.25) is 0 Å². The predicted molar refractivity (Wildman–Crippen MR) is 87.4 cm³/mol. The number of hydrogen-bond acceptors (Lipinski definition) is 3. The molecule has 26 heavy (non-hydrogen) atoms. The van der Waals surface area contributed by atoms with Crippen molar-refractivity contribution in [1.29, 1.82) is 0 Å². The summed E-state index contributed by atoms with van der Waals surface area (Å²) in [5.74, 6) is -1.93. The Labute approximate surface area is 147 Å². The molecule has 2 aliphatic heterocycles. The van der Waals surface area contributed by atoms with E-state index < -0.39 is 30.5 Å². The highest BCUT2D eigenvalue weighted by atomic mass is 19.4. The Morgan fingerprint density at radius 1 is 1.15 bits per heavy atom. The second-order valence-electron chi connectivity index (χ2n) is 6.48. The van der Waals surface area contributed by atoms with Crippen LogP contribution in [0.1, 0.15) is 19.3 Å². The molecule has 3 amide bonds. The number of alkyl halides is 3. The van der Waals surface area contributed by atoms with E-state index >= 15 is 0 Å². The first-order chi connectivity index (χ1) is 12.2. The van der Waals surface area contributed by atoms with E-state index in [1.165, 1.54) is 0 Å². The summed E-state index contributed by atoms with van der Waals surface area (Å²) in [4.78, 5) is 37.9. The monoisotopic (exact) mass is 369 g/mol. The van der Waals surface area contributed by atoms with Crippen molar-refractivity contribution in [2.75, 3.05) is 29.9 Å². The minimum atomic E-state index is -4.48. The number of nitrogens with one attached hydrogen (secondary N) is 1. The van der Waals surface area contributed by atoms with Crippen molar-refractivity contribution < 1.29 is 27.6 Å². The number of likely N-dealkylation sites (tertiary alicyclic amines) is 1. The van der Waals surface area contributed by atoms with Gasteiger partial charge in [0, 0.05) is 37.3 Å². The van der Waals surface area contributed by atoms with Crippen LogP contribution in [0.3, 0.4) is 0 Å². The van der Waals surface area contributed by atoms with Gasteiger partial charge < -0.3 is 15.1 Å². The van der Waals surface area contributed by atoms with E-state index in [-0.39, 0.29) is 18.9 Å². The molecule has 1 atom stereocenters. The quantitative estimate of drug-likeness (QED) is 0.884. The molecule has 3 rings (SSSR count). The predicted octanol–water partition coefficient (Wildman–Crippen LogP) is 2.16. The maximum atomic E-state index is 12.4. The summed E-state index contributed by atoms with van der Waals surface area (Å²) in [5.41, 5.74) is 1.20. The lowest BCUT2D eigenvalue weighted by atomic mass is 10.1. The number of hydrogen-bond donors (Lipinski definition) is 1. The number of amides is 3. The average Bonchev–Trinajstić information content (AvgIpc) is 3.13. The van der Waals surface area contributed by atoms with Gasteiger partial charge in [-0.15, -0.1) is 0 Å². The van der Waals surface area contributed by atoms with Gasteiger partial charge in [0.1, 0.15) is 6.54 Å². The van der Waals surface area contributed by atoms with Crippen LogP contribution in [-0.2, 0) is 14.4 Å². The third-order valence-electron chi connectivity index (χ3n) is 4.48. The maximum absolute atomic E-state index is 12.4. The summed E-state index contributed by atoms with van der Waals surface area (Å²) >= 11 is 0. The van der Waals surface area contributed by atoms with Crippen molar-refractivity contribution in [1.82, 2.24) is 4.90 Å². The summed E-state index contributed by atoms with van der Waals surface area (Å²) in [6, 6.07) is 6.66. The number of anilines is 2. The molecule has 2 heterocycles. The standard InChI is InChI=1S/C17H18F3N3O3/c18-17(19,20)10-22-9-11(8-15(22)25)16(26)21-12-3-5-13(6-4-12)23-7-1-2-14(23)24/h3-6,11H,1-2,7-10H2,(H,21,26). The summed E-state index contributed by atoms with van der Waals surface area (Å²) in [5, 5.41) is 2.61. The highest BCUT2D eigenvalue weighted by Gasteiger charge is 2.40. The van der Waals surface area contributed by atoms with E-state index in [1.807, 2.05) is 0 Å². The Morgan fingerprint density at radius 3 is 2.42 bits per heavy atom. The molecule has 0 aliphatic carbocycles. The van der Waals surface area contributed by atoms with Gasteiger partial charge in [-0.2, -0.15) is 13.2 Å². The van der Waals surface area contributed by atoms with Gasteiger partial charge in [0.15, 0.2) is 0 Å². The summed E-state index contributed by atoms with van der Waals surface area (Å²) < 4.78 is 37.3. The molecule has 2 saturated heterocycles. The molecule has 0 radical (unpaired) electrons. The van der Waals surface area contributed by atoms with Gasteiger partial charge in [-0.1, -0.05) is 0 Å². The topological polar surface area (TPSA) is 69.7 Å². The number of nitrogens with zero attached hydrogens (tertiary/aromatic N) is 2. The van der Waals surface area contributed by atoms with Gasteiger partial charge in [-0.3, -0.25) is 14.4 Å². The zero-order valence-electron chi connectivity index (χ0n) is 13.9. The highest BCUT2D eigenvalue weighted by molar-refractivity contribution is 5.98. The Hall–Kier alpha value is -2.58. The van der Waals surface area contributed by atoms with Gasteiger partial charge in [0.05, 0.1) is 5.92 Å². The molecule has 0 spiro atoms. The van der Waals surface area contributed by atoms with E-state index in [1.54, 1.807) is 29.2 Å². The van der Waals surface area contributed by atoms with Crippen molar-refractivity contribution in [3.05, 3.63) is 24.3 Å². The van der Waals surface area contributed by atoms with Crippen LogP contribution in [0.15, 0.2) is 24.3 Å². The second-order valence-corrected chi connectivity index (χ2v) is 6.48. The highest BCUT2D eigenvalue weighted by Crippen LogP contribution is 2.26. The zero-order chi connectivity index (χ0) is 18.9. The second kappa shape index (κ2) is 6.97. The van der Waals surface area contributed by atoms with Crippen LogP contribution in [0.5, 0.6) is 0 Å². The van der Waals surface area contributed by atoms with E-state index in [0.29, 0.717) is 23.6 Å².